The van der Waals surface area contributed by atoms with Crippen LogP contribution in [0.25, 0.3) is 0 Å². The van der Waals surface area contributed by atoms with Crippen molar-refractivity contribution in [1.29, 1.82) is 0 Å². The second kappa shape index (κ2) is 67.0. The fourth-order valence-electron chi connectivity index (χ4n) is 12.8. The molecule has 742 valence electrons. The van der Waals surface area contributed by atoms with Gasteiger partial charge in [-0.3, -0.25) is 33.9 Å². The standard InChI is InChI=1S/C32H38N2O5S.C30H32N2O7.C30H34N2O6.9C2H6/c1-5-40-20-19-25-21-34(30(35)22-33(25)31(36)39-32(2,3)4)26-15-9-10-16-27(26)38-29-18-12-11-17-28(29)37-23-24-13-7-6-8-14-24;1-30(2,3)39-29(36)31-19-27(33)32(18-22(31)17-28(34)35)23-13-7-8-14-24(23)38-26-16-10-9-15-25(26)37-20-21-11-5-4-6-12-21;1-30(2,3)38-29(35)31-20-28(34)32(19-23(31)17-18-33)24-13-7-8-14-25(24)37-27-16-10-9-15-26(27)36-21-22-11-5-4-6-12-22;9*1-2/h6-18,25H,5,19-23H2,1-4H3;4-16,22H,17-20H2,1-3H3,(H,34,35);4-16,23,33H,17-21H2,1-3H3;9*1-2H3/t25-;22-;23-;;;;;;;;;/m000........./s1. The topological polar surface area (TPSA) is 262 Å². The Bertz CT molecular complexity index is 4790. The van der Waals surface area contributed by atoms with Crippen LogP contribution in [0.4, 0.5) is 31.4 Å². The lowest BCUT2D eigenvalue weighted by atomic mass is 10.1. The predicted molar refractivity (Wildman–Crippen MR) is 552 cm³/mol. The molecule has 0 aromatic heterocycles. The molecule has 3 saturated heterocycles. The molecule has 0 bridgehead atoms. The van der Waals surface area contributed by atoms with E-state index in [2.05, 4.69) is 6.92 Å². The smallest absolute Gasteiger partial charge is 0.411 e. The minimum Gasteiger partial charge on any atom is -0.485 e. The summed E-state index contributed by atoms with van der Waals surface area (Å²) in [6, 6.07) is 72.0. The average Bonchev–Trinajstić information content (AvgIpc) is 0.793. The van der Waals surface area contributed by atoms with Gasteiger partial charge >= 0.3 is 24.2 Å². The molecule has 3 atom stereocenters. The van der Waals surface area contributed by atoms with Crippen molar-refractivity contribution in [2.24, 2.45) is 0 Å². The molecule has 0 spiro atoms. The molecular formula is C110H158N6O18S. The van der Waals surface area contributed by atoms with Crippen LogP contribution in [0.2, 0.25) is 0 Å². The molecule has 0 radical (unpaired) electrons. The zero-order valence-electron chi connectivity index (χ0n) is 85.9. The summed E-state index contributed by atoms with van der Waals surface area (Å²) in [5, 5.41) is 19.2. The Morgan fingerprint density at radius 3 is 0.807 bits per heavy atom. The van der Waals surface area contributed by atoms with Gasteiger partial charge in [-0.25, -0.2) is 14.4 Å². The lowest BCUT2D eigenvalue weighted by molar-refractivity contribution is -0.139. The highest BCUT2D eigenvalue weighted by Crippen LogP contribution is 2.43. The number of aliphatic hydroxyl groups is 1. The van der Waals surface area contributed by atoms with Crippen LogP contribution in [0.15, 0.2) is 237 Å². The largest absolute Gasteiger partial charge is 0.485 e. The first-order valence-electron chi connectivity index (χ1n) is 48.0. The second-order valence-electron chi connectivity index (χ2n) is 30.8. The third kappa shape index (κ3) is 42.1. The number of hydrogen-bond donors (Lipinski definition) is 2. The Morgan fingerprint density at radius 2 is 0.556 bits per heavy atom. The van der Waals surface area contributed by atoms with Gasteiger partial charge in [0.1, 0.15) is 56.3 Å². The summed E-state index contributed by atoms with van der Waals surface area (Å²) in [7, 11) is 0. The number of hydrogen-bond acceptors (Lipinski definition) is 18. The molecule has 3 heterocycles. The number of carbonyl (C=O) groups is 7. The highest BCUT2D eigenvalue weighted by atomic mass is 32.2. The number of benzene rings is 9. The van der Waals surface area contributed by atoms with E-state index >= 15 is 0 Å². The van der Waals surface area contributed by atoms with Crippen molar-refractivity contribution < 1.29 is 86.4 Å². The summed E-state index contributed by atoms with van der Waals surface area (Å²) >= 11 is 1.82. The first-order chi connectivity index (χ1) is 65.1. The number of carbonyl (C=O) groups excluding carboxylic acids is 6. The van der Waals surface area contributed by atoms with Gasteiger partial charge in [0.05, 0.1) is 41.6 Å². The number of carboxylic acids is 1. The number of aliphatic carboxylic acids is 1. The average molecular weight is 1880 g/mol. The molecule has 24 nitrogen and oxygen atoms in total. The Balaban J connectivity index is 0.000000932. The van der Waals surface area contributed by atoms with Gasteiger partial charge in [-0.1, -0.05) is 295 Å². The van der Waals surface area contributed by atoms with Crippen molar-refractivity contribution in [1.82, 2.24) is 14.7 Å². The monoisotopic (exact) mass is 1880 g/mol. The van der Waals surface area contributed by atoms with Crippen LogP contribution in [0.3, 0.4) is 0 Å². The van der Waals surface area contributed by atoms with Gasteiger partial charge in [-0.2, -0.15) is 11.8 Å². The second-order valence-corrected chi connectivity index (χ2v) is 32.2. The lowest BCUT2D eigenvalue weighted by Gasteiger charge is -2.41. The number of thioether (sulfide) groups is 1. The van der Waals surface area contributed by atoms with Crippen molar-refractivity contribution in [2.75, 3.05) is 72.1 Å². The summed E-state index contributed by atoms with van der Waals surface area (Å²) in [5.41, 5.74) is 2.65. The van der Waals surface area contributed by atoms with Crippen LogP contribution in [0, 0.1) is 0 Å². The fraction of sp³-hybridized carbons (Fsp3) is 0.445. The number of ether oxygens (including phenoxy) is 9. The number of aliphatic hydroxyl groups excluding tert-OH is 1. The zero-order valence-corrected chi connectivity index (χ0v) is 86.7. The molecule has 2 N–H and O–H groups in total. The molecule has 0 aliphatic carbocycles. The molecule has 0 saturated carbocycles. The van der Waals surface area contributed by atoms with Crippen LogP contribution in [-0.4, -0.2) is 159 Å². The van der Waals surface area contributed by atoms with Gasteiger partial charge in [0.2, 0.25) is 17.7 Å². The quantitative estimate of drug-likeness (QED) is 0.0377. The first-order valence-corrected chi connectivity index (χ1v) is 49.1. The molecule has 6 amide bonds. The third-order valence-corrected chi connectivity index (χ3v) is 19.2. The van der Waals surface area contributed by atoms with Crippen LogP contribution >= 0.6 is 11.8 Å². The summed E-state index contributed by atoms with van der Waals surface area (Å²) in [5.74, 6) is 4.60. The highest BCUT2D eigenvalue weighted by molar-refractivity contribution is 7.99. The van der Waals surface area contributed by atoms with E-state index in [1.54, 1.807) is 105 Å². The van der Waals surface area contributed by atoms with E-state index in [0.29, 0.717) is 102 Å². The van der Waals surface area contributed by atoms with E-state index in [-0.39, 0.29) is 69.5 Å². The number of nitrogens with zero attached hydrogens (tertiary/aromatic N) is 6. The van der Waals surface area contributed by atoms with Crippen LogP contribution in [-0.2, 0) is 53.2 Å². The Labute approximate surface area is 812 Å². The minimum absolute atomic E-state index is 0.0308. The Kier molecular flexibility index (Phi) is 60.0. The minimum atomic E-state index is -1.09. The van der Waals surface area contributed by atoms with E-state index in [4.69, 9.17) is 42.6 Å². The van der Waals surface area contributed by atoms with Crippen LogP contribution in [0.1, 0.15) is 230 Å². The van der Waals surface area contributed by atoms with Crippen molar-refractivity contribution in [3.8, 4) is 51.7 Å². The molecule has 25 heteroatoms. The van der Waals surface area contributed by atoms with E-state index in [1.165, 1.54) is 14.7 Å². The number of anilines is 3. The SMILES string of the molecule is CC.CC.CC.CC.CC.CC.CC.CC.CC.CC(C)(C)OC(=O)N1CC(=O)N(c2ccccc2Oc2ccccc2OCc2ccccc2)C[C@@H]1CC(=O)O.CC(C)(C)OC(=O)N1CC(=O)N(c2ccccc2Oc2ccccc2OCc2ccccc2)C[C@@H]1CCO.CCSCC[C@H]1CN(c2ccccc2Oc2ccccc2OCc2ccccc2)C(=O)CN1C(=O)OC(C)(C)C. The molecular weight excluding hydrogens is 1730 g/mol. The number of piperazine rings is 3. The van der Waals surface area contributed by atoms with Crippen LogP contribution in [0.5, 0.6) is 51.7 Å². The van der Waals surface area contributed by atoms with Gasteiger partial charge < -0.3 is 67.5 Å². The number of amides is 6. The Morgan fingerprint density at radius 1 is 0.326 bits per heavy atom. The first kappa shape index (κ1) is 121. The van der Waals surface area contributed by atoms with Crippen molar-refractivity contribution in [3.63, 3.8) is 0 Å². The van der Waals surface area contributed by atoms with E-state index in [9.17, 15) is 43.8 Å². The van der Waals surface area contributed by atoms with Crippen molar-refractivity contribution >= 4 is 70.8 Å². The van der Waals surface area contributed by atoms with Crippen molar-refractivity contribution in [3.05, 3.63) is 253 Å². The predicted octanol–water partition coefficient (Wildman–Crippen LogP) is 27.3. The van der Waals surface area contributed by atoms with Gasteiger partial charge in [-0.05, 0) is 176 Å². The molecule has 9 aromatic carbocycles. The third-order valence-electron chi connectivity index (χ3n) is 18.3. The summed E-state index contributed by atoms with van der Waals surface area (Å²) in [6.07, 6.45) is -1.04. The molecule has 9 aromatic rings. The van der Waals surface area contributed by atoms with Crippen LogP contribution < -0.4 is 43.1 Å². The summed E-state index contributed by atoms with van der Waals surface area (Å²) < 4.78 is 53.6. The van der Waals surface area contributed by atoms with Gasteiger partial charge in [0.15, 0.2) is 51.7 Å². The molecule has 3 aliphatic heterocycles. The van der Waals surface area contributed by atoms with Crippen molar-refractivity contribution in [2.45, 2.75) is 268 Å². The lowest BCUT2D eigenvalue weighted by Crippen LogP contribution is -2.59. The number of rotatable bonds is 26. The van der Waals surface area contributed by atoms with E-state index in [0.717, 1.165) is 34.6 Å². The molecule has 0 unspecified atom stereocenters. The molecule has 3 aliphatic rings. The number of para-hydroxylation sites is 12. The van der Waals surface area contributed by atoms with Gasteiger partial charge in [0, 0.05) is 26.2 Å². The summed E-state index contributed by atoms with van der Waals surface area (Å²) in [4.78, 5) is 99.3. The maximum Gasteiger partial charge on any atom is 0.411 e. The van der Waals surface area contributed by atoms with E-state index in [1.807, 2.05) is 345 Å². The maximum absolute atomic E-state index is 13.5. The number of carboxylic acid groups (broad SMARTS) is 1. The molecule has 12 rings (SSSR count). The molecule has 3 fully saturated rings. The van der Waals surface area contributed by atoms with Gasteiger partial charge in [0.25, 0.3) is 0 Å². The fourth-order valence-corrected chi connectivity index (χ4v) is 13.5. The van der Waals surface area contributed by atoms with E-state index < -0.39 is 53.1 Å². The summed E-state index contributed by atoms with van der Waals surface area (Å²) in [6.45, 7) is 55.1. The normalized spacial score (nSPS) is 14.0. The maximum atomic E-state index is 13.5. The Hall–Kier alpha value is -12.2. The van der Waals surface area contributed by atoms with Gasteiger partial charge in [-0.15, -0.1) is 0 Å². The highest BCUT2D eigenvalue weighted by Gasteiger charge is 2.43. The zero-order chi connectivity index (χ0) is 102. The molecule has 135 heavy (non-hydrogen) atoms.